The number of anilines is 3. The molecule has 0 bridgehead atoms. The van der Waals surface area contributed by atoms with Crippen molar-refractivity contribution < 1.29 is 4.39 Å². The summed E-state index contributed by atoms with van der Waals surface area (Å²) in [4.78, 5) is 9.36. The van der Waals surface area contributed by atoms with Gasteiger partial charge in [-0.2, -0.15) is 5.10 Å². The van der Waals surface area contributed by atoms with Crippen LogP contribution in [0.4, 0.5) is 21.7 Å². The van der Waals surface area contributed by atoms with Crippen LogP contribution in [0, 0.1) is 0 Å². The number of H-pyrrole nitrogens is 1. The highest BCUT2D eigenvalue weighted by atomic mass is 19.1. The number of aromatic nitrogens is 4. The zero-order valence-electron chi connectivity index (χ0n) is 15.4. The number of fused-ring (bicyclic) bond motifs is 2. The molecule has 0 saturated carbocycles. The van der Waals surface area contributed by atoms with E-state index in [1.54, 1.807) is 12.1 Å². The monoisotopic (exact) mass is 384 g/mol. The molecule has 7 heteroatoms. The van der Waals surface area contributed by atoms with Crippen molar-refractivity contribution in [3.05, 3.63) is 72.3 Å². The molecule has 0 saturated heterocycles. The normalized spacial score (nSPS) is 11.2. The zero-order valence-corrected chi connectivity index (χ0v) is 15.4. The number of halogens is 1. The molecular formula is C22H17FN6. The minimum absolute atomic E-state index is 0.457. The standard InChI is InChI=1S/C22H17FN6/c23-12-13-5-1-2-6-15(13)20-25-18-8-4-3-7-16(18)21(26-20)27-22-17-11-14(24)9-10-19(17)28-29-22/h1-11H,12,24H2,(H2,25,26,27,28,29). The van der Waals surface area contributed by atoms with Gasteiger partial charge in [0.05, 0.1) is 11.0 Å². The van der Waals surface area contributed by atoms with Gasteiger partial charge in [-0.15, -0.1) is 0 Å². The maximum absolute atomic E-state index is 13.5. The van der Waals surface area contributed by atoms with Crippen molar-refractivity contribution in [3.8, 4) is 11.4 Å². The Balaban J connectivity index is 1.69. The first kappa shape index (κ1) is 17.1. The average molecular weight is 384 g/mol. The topological polar surface area (TPSA) is 92.5 Å². The minimum Gasteiger partial charge on any atom is -0.399 e. The van der Waals surface area contributed by atoms with Crippen LogP contribution in [0.1, 0.15) is 5.56 Å². The first-order valence-electron chi connectivity index (χ1n) is 9.14. The summed E-state index contributed by atoms with van der Waals surface area (Å²) in [5, 5.41) is 12.4. The lowest BCUT2D eigenvalue weighted by molar-refractivity contribution is 0.486. The summed E-state index contributed by atoms with van der Waals surface area (Å²) in [6.45, 7) is -0.585. The molecule has 0 atom stereocenters. The summed E-state index contributed by atoms with van der Waals surface area (Å²) >= 11 is 0. The fourth-order valence-corrected chi connectivity index (χ4v) is 3.39. The molecular weight excluding hydrogens is 367 g/mol. The second-order valence-electron chi connectivity index (χ2n) is 6.71. The van der Waals surface area contributed by atoms with Gasteiger partial charge < -0.3 is 11.1 Å². The molecule has 0 aliphatic heterocycles. The van der Waals surface area contributed by atoms with Crippen molar-refractivity contribution >= 4 is 39.1 Å². The Morgan fingerprint density at radius 3 is 2.62 bits per heavy atom. The molecule has 6 nitrogen and oxygen atoms in total. The third-order valence-electron chi connectivity index (χ3n) is 4.83. The summed E-state index contributed by atoms with van der Waals surface area (Å²) in [7, 11) is 0. The van der Waals surface area contributed by atoms with E-state index in [2.05, 4.69) is 20.5 Å². The van der Waals surface area contributed by atoms with Crippen LogP contribution in [-0.2, 0) is 6.67 Å². The SMILES string of the molecule is Nc1ccc2[nH]nc(Nc3nc(-c4ccccc4CF)nc4ccccc34)c2c1. The third kappa shape index (κ3) is 3.02. The fourth-order valence-electron chi connectivity index (χ4n) is 3.39. The first-order valence-corrected chi connectivity index (χ1v) is 9.14. The van der Waals surface area contributed by atoms with E-state index in [0.717, 1.165) is 21.8 Å². The van der Waals surface area contributed by atoms with Gasteiger partial charge in [0.15, 0.2) is 11.6 Å². The molecule has 0 spiro atoms. The van der Waals surface area contributed by atoms with E-state index >= 15 is 0 Å². The molecule has 0 unspecified atom stereocenters. The number of aromatic amines is 1. The zero-order chi connectivity index (χ0) is 19.8. The number of nitrogens with one attached hydrogen (secondary N) is 2. The maximum Gasteiger partial charge on any atom is 0.162 e. The van der Waals surface area contributed by atoms with Gasteiger partial charge in [0.25, 0.3) is 0 Å². The number of hydrogen-bond donors (Lipinski definition) is 3. The highest BCUT2D eigenvalue weighted by molar-refractivity contribution is 5.97. The molecule has 29 heavy (non-hydrogen) atoms. The van der Waals surface area contributed by atoms with E-state index in [4.69, 9.17) is 10.7 Å². The van der Waals surface area contributed by atoms with Crippen LogP contribution in [0.2, 0.25) is 0 Å². The van der Waals surface area contributed by atoms with Gasteiger partial charge in [0.2, 0.25) is 0 Å². The number of nitrogens with zero attached hydrogens (tertiary/aromatic N) is 3. The van der Waals surface area contributed by atoms with Crippen LogP contribution < -0.4 is 11.1 Å². The number of alkyl halides is 1. The third-order valence-corrected chi connectivity index (χ3v) is 4.83. The van der Waals surface area contributed by atoms with Crippen molar-refractivity contribution in [1.82, 2.24) is 20.2 Å². The molecule has 2 heterocycles. The van der Waals surface area contributed by atoms with Crippen molar-refractivity contribution in [3.63, 3.8) is 0 Å². The van der Waals surface area contributed by atoms with Gasteiger partial charge in [-0.1, -0.05) is 36.4 Å². The second kappa shape index (κ2) is 6.87. The average Bonchev–Trinajstić information content (AvgIpc) is 3.15. The summed E-state index contributed by atoms with van der Waals surface area (Å²) in [5.41, 5.74) is 9.42. The summed E-state index contributed by atoms with van der Waals surface area (Å²) in [6.07, 6.45) is 0. The van der Waals surface area contributed by atoms with Gasteiger partial charge in [-0.25, -0.2) is 14.4 Å². The number of benzene rings is 3. The van der Waals surface area contributed by atoms with E-state index in [-0.39, 0.29) is 0 Å². The fraction of sp³-hybridized carbons (Fsp3) is 0.0455. The number of rotatable bonds is 4. The van der Waals surface area contributed by atoms with E-state index < -0.39 is 6.67 Å². The summed E-state index contributed by atoms with van der Waals surface area (Å²) in [6, 6.07) is 20.4. The second-order valence-corrected chi connectivity index (χ2v) is 6.71. The lowest BCUT2D eigenvalue weighted by Crippen LogP contribution is -2.01. The van der Waals surface area contributed by atoms with E-state index in [9.17, 15) is 4.39 Å². The molecule has 0 fully saturated rings. The van der Waals surface area contributed by atoms with Crippen molar-refractivity contribution in [1.29, 1.82) is 0 Å². The molecule has 0 aliphatic carbocycles. The van der Waals surface area contributed by atoms with E-state index in [1.165, 1.54) is 0 Å². The lowest BCUT2D eigenvalue weighted by atomic mass is 10.1. The van der Waals surface area contributed by atoms with Crippen LogP contribution in [-0.4, -0.2) is 20.2 Å². The largest absolute Gasteiger partial charge is 0.399 e. The van der Waals surface area contributed by atoms with Gasteiger partial charge in [-0.05, 0) is 35.9 Å². The highest BCUT2D eigenvalue weighted by Gasteiger charge is 2.14. The van der Waals surface area contributed by atoms with Crippen molar-refractivity contribution in [2.45, 2.75) is 6.67 Å². The number of hydrogen-bond acceptors (Lipinski definition) is 5. The molecule has 0 amide bonds. The molecule has 0 radical (unpaired) electrons. The molecule has 142 valence electrons. The lowest BCUT2D eigenvalue weighted by Gasteiger charge is -2.11. The Morgan fingerprint density at radius 2 is 1.72 bits per heavy atom. The molecule has 5 aromatic rings. The molecule has 2 aromatic heterocycles. The van der Waals surface area contributed by atoms with Gasteiger partial charge in [0, 0.05) is 22.0 Å². The van der Waals surface area contributed by atoms with E-state index in [0.29, 0.717) is 34.3 Å². The van der Waals surface area contributed by atoms with Crippen LogP contribution in [0.25, 0.3) is 33.2 Å². The van der Waals surface area contributed by atoms with Crippen molar-refractivity contribution in [2.24, 2.45) is 0 Å². The molecule has 3 aromatic carbocycles. The van der Waals surface area contributed by atoms with Crippen LogP contribution in [0.15, 0.2) is 66.7 Å². The predicted molar refractivity (Wildman–Crippen MR) is 114 cm³/mol. The first-order chi connectivity index (χ1) is 14.2. The van der Waals surface area contributed by atoms with Gasteiger partial charge >= 0.3 is 0 Å². The molecule has 5 rings (SSSR count). The highest BCUT2D eigenvalue weighted by Crippen LogP contribution is 2.31. The smallest absolute Gasteiger partial charge is 0.162 e. The molecule has 4 N–H and O–H groups in total. The van der Waals surface area contributed by atoms with Gasteiger partial charge in [0.1, 0.15) is 12.5 Å². The summed E-state index contributed by atoms with van der Waals surface area (Å²) in [5.74, 6) is 1.66. The Kier molecular flexibility index (Phi) is 4.05. The van der Waals surface area contributed by atoms with Crippen LogP contribution in [0.3, 0.4) is 0 Å². The number of nitrogens with two attached hydrogens (primary N) is 1. The van der Waals surface area contributed by atoms with Crippen LogP contribution >= 0.6 is 0 Å². The quantitative estimate of drug-likeness (QED) is 0.381. The summed E-state index contributed by atoms with van der Waals surface area (Å²) < 4.78 is 13.5. The maximum atomic E-state index is 13.5. The van der Waals surface area contributed by atoms with E-state index in [1.807, 2.05) is 54.6 Å². The molecule has 0 aliphatic rings. The Hall–Kier alpha value is -4.00. The Morgan fingerprint density at radius 1 is 0.897 bits per heavy atom. The van der Waals surface area contributed by atoms with Crippen LogP contribution in [0.5, 0.6) is 0 Å². The number of para-hydroxylation sites is 1. The number of nitrogen functional groups attached to an aromatic ring is 1. The Bertz CT molecular complexity index is 1340. The minimum atomic E-state index is -0.585. The van der Waals surface area contributed by atoms with Gasteiger partial charge in [-0.3, -0.25) is 5.10 Å². The predicted octanol–water partition coefficient (Wildman–Crippen LogP) is 4.97. The van der Waals surface area contributed by atoms with Crippen molar-refractivity contribution in [2.75, 3.05) is 11.1 Å². The Labute approximate surface area is 165 Å².